The second-order valence-electron chi connectivity index (χ2n) is 6.97. The summed E-state index contributed by atoms with van der Waals surface area (Å²) in [5.74, 6) is 1.14. The van der Waals surface area contributed by atoms with E-state index in [9.17, 15) is 9.90 Å². The SMILES string of the molecule is Cc1cc(=O)n2c(n1)NC(N1CCc3ccccc31)=N[C@H]2c1ccccc1O. The van der Waals surface area contributed by atoms with Crippen molar-refractivity contribution in [3.63, 3.8) is 0 Å². The monoisotopic (exact) mass is 373 g/mol. The van der Waals surface area contributed by atoms with Gasteiger partial charge in [0, 0.05) is 29.6 Å². The molecule has 0 aliphatic carbocycles. The first-order valence-electron chi connectivity index (χ1n) is 9.20. The highest BCUT2D eigenvalue weighted by molar-refractivity contribution is 6.06. The predicted molar refractivity (Wildman–Crippen MR) is 108 cm³/mol. The van der Waals surface area contributed by atoms with Crippen LogP contribution in [0.4, 0.5) is 11.6 Å². The van der Waals surface area contributed by atoms with Crippen molar-refractivity contribution >= 4 is 17.6 Å². The number of benzene rings is 2. The summed E-state index contributed by atoms with van der Waals surface area (Å²) < 4.78 is 1.48. The maximum absolute atomic E-state index is 12.7. The minimum Gasteiger partial charge on any atom is -0.508 e. The Bertz CT molecular complexity index is 1170. The Labute approximate surface area is 161 Å². The van der Waals surface area contributed by atoms with Crippen LogP contribution < -0.4 is 15.8 Å². The van der Waals surface area contributed by atoms with E-state index in [1.807, 2.05) is 18.2 Å². The fourth-order valence-corrected chi connectivity index (χ4v) is 3.85. The Hall–Kier alpha value is -3.61. The van der Waals surface area contributed by atoms with Gasteiger partial charge in [0.1, 0.15) is 5.75 Å². The third kappa shape index (κ3) is 2.55. The summed E-state index contributed by atoms with van der Waals surface area (Å²) in [4.78, 5) is 24.2. The zero-order valence-electron chi connectivity index (χ0n) is 15.3. The molecule has 28 heavy (non-hydrogen) atoms. The van der Waals surface area contributed by atoms with Crippen molar-refractivity contribution in [2.24, 2.45) is 4.99 Å². The number of aromatic hydroxyl groups is 1. The molecule has 0 fully saturated rings. The molecule has 0 amide bonds. The summed E-state index contributed by atoms with van der Waals surface area (Å²) in [6.07, 6.45) is 0.229. The number of phenols is 1. The number of aryl methyl sites for hydroxylation is 1. The molecule has 0 bridgehead atoms. The van der Waals surface area contributed by atoms with Crippen molar-refractivity contribution in [2.45, 2.75) is 19.5 Å². The van der Waals surface area contributed by atoms with Gasteiger partial charge in [-0.05, 0) is 31.0 Å². The quantitative estimate of drug-likeness (QED) is 0.685. The number of nitrogens with zero attached hydrogens (tertiary/aromatic N) is 4. The average molecular weight is 373 g/mol. The van der Waals surface area contributed by atoms with E-state index in [4.69, 9.17) is 4.99 Å². The average Bonchev–Trinajstić information content (AvgIpc) is 3.11. The number of hydrogen-bond acceptors (Lipinski definition) is 6. The molecule has 7 heteroatoms. The Balaban J connectivity index is 1.69. The molecule has 0 saturated heterocycles. The van der Waals surface area contributed by atoms with E-state index in [2.05, 4.69) is 27.3 Å². The molecule has 3 aromatic rings. The number of rotatable bonds is 1. The first-order valence-corrected chi connectivity index (χ1v) is 9.20. The Morgan fingerprint density at radius 2 is 1.93 bits per heavy atom. The molecular formula is C21H19N5O2. The lowest BCUT2D eigenvalue weighted by Crippen LogP contribution is -2.43. The van der Waals surface area contributed by atoms with Crippen LogP contribution >= 0.6 is 0 Å². The van der Waals surface area contributed by atoms with E-state index < -0.39 is 6.17 Å². The molecule has 2 aliphatic heterocycles. The van der Waals surface area contributed by atoms with Crippen molar-refractivity contribution in [3.05, 3.63) is 81.8 Å². The lowest BCUT2D eigenvalue weighted by atomic mass is 10.1. The van der Waals surface area contributed by atoms with Crippen LogP contribution in [0.2, 0.25) is 0 Å². The van der Waals surface area contributed by atoms with Crippen molar-refractivity contribution in [1.29, 1.82) is 0 Å². The number of fused-ring (bicyclic) bond motifs is 2. The minimum absolute atomic E-state index is 0.0951. The number of aliphatic imine (C=N–C) groups is 1. The first-order chi connectivity index (χ1) is 13.6. The number of hydrogen-bond donors (Lipinski definition) is 2. The topological polar surface area (TPSA) is 82.8 Å². The van der Waals surface area contributed by atoms with Crippen LogP contribution in [0.3, 0.4) is 0 Å². The number of nitrogens with one attached hydrogen (secondary N) is 1. The molecule has 3 heterocycles. The van der Waals surface area contributed by atoms with Crippen molar-refractivity contribution in [2.75, 3.05) is 16.8 Å². The van der Waals surface area contributed by atoms with Crippen LogP contribution in [0.15, 0.2) is 64.4 Å². The van der Waals surface area contributed by atoms with Crippen LogP contribution in [-0.4, -0.2) is 27.2 Å². The summed E-state index contributed by atoms with van der Waals surface area (Å²) in [5, 5.41) is 13.6. The molecule has 1 atom stereocenters. The van der Waals surface area contributed by atoms with Crippen molar-refractivity contribution in [3.8, 4) is 5.75 Å². The van der Waals surface area contributed by atoms with Crippen LogP contribution in [0.1, 0.15) is 23.0 Å². The van der Waals surface area contributed by atoms with Gasteiger partial charge in [-0.1, -0.05) is 36.4 Å². The van der Waals surface area contributed by atoms with Gasteiger partial charge >= 0.3 is 0 Å². The second-order valence-corrected chi connectivity index (χ2v) is 6.97. The van der Waals surface area contributed by atoms with Crippen molar-refractivity contribution in [1.82, 2.24) is 9.55 Å². The standard InChI is InChI=1S/C21H19N5O2/c1-13-12-18(28)26-19(15-7-3-5-9-17(15)27)23-20(24-21(26)22-13)25-11-10-14-6-2-4-8-16(14)25/h2-9,12,19,27H,10-11H2,1H3,(H,22,23,24)/t19-/m1/s1. The number of para-hydroxylation sites is 2. The molecule has 1 aromatic heterocycles. The molecule has 140 valence electrons. The van der Waals surface area contributed by atoms with E-state index in [0.29, 0.717) is 23.2 Å². The fourth-order valence-electron chi connectivity index (χ4n) is 3.85. The molecule has 0 radical (unpaired) electrons. The maximum atomic E-state index is 12.7. The highest BCUT2D eigenvalue weighted by Gasteiger charge is 2.31. The van der Waals surface area contributed by atoms with E-state index in [0.717, 1.165) is 18.7 Å². The summed E-state index contributed by atoms with van der Waals surface area (Å²) in [6, 6.07) is 16.6. The maximum Gasteiger partial charge on any atom is 0.257 e. The van der Waals surface area contributed by atoms with Gasteiger partial charge in [-0.3, -0.25) is 14.7 Å². The minimum atomic E-state index is -0.694. The summed E-state index contributed by atoms with van der Waals surface area (Å²) >= 11 is 0. The molecule has 0 unspecified atom stereocenters. The van der Waals surface area contributed by atoms with E-state index in [-0.39, 0.29) is 11.3 Å². The number of phenolic OH excluding ortho intramolecular Hbond substituents is 1. The normalized spacial score (nSPS) is 17.5. The first kappa shape index (κ1) is 16.6. The number of guanidine groups is 1. The second kappa shape index (κ2) is 6.23. The van der Waals surface area contributed by atoms with Gasteiger partial charge in [-0.25, -0.2) is 9.98 Å². The Morgan fingerprint density at radius 3 is 2.79 bits per heavy atom. The van der Waals surface area contributed by atoms with E-state index in [1.54, 1.807) is 25.1 Å². The molecule has 2 aromatic carbocycles. The van der Waals surface area contributed by atoms with Crippen LogP contribution in [0.5, 0.6) is 5.75 Å². The highest BCUT2D eigenvalue weighted by Crippen LogP contribution is 2.34. The Kier molecular flexibility index (Phi) is 3.68. The molecule has 7 nitrogen and oxygen atoms in total. The molecule has 0 spiro atoms. The third-order valence-electron chi connectivity index (χ3n) is 5.15. The molecule has 2 N–H and O–H groups in total. The van der Waals surface area contributed by atoms with Gasteiger partial charge in [0.15, 0.2) is 6.17 Å². The molecule has 2 aliphatic rings. The largest absolute Gasteiger partial charge is 0.508 e. The van der Waals surface area contributed by atoms with Gasteiger partial charge in [0.25, 0.3) is 5.56 Å². The molecule has 5 rings (SSSR count). The smallest absolute Gasteiger partial charge is 0.257 e. The van der Waals surface area contributed by atoms with E-state index in [1.165, 1.54) is 16.2 Å². The van der Waals surface area contributed by atoms with Gasteiger partial charge in [0.05, 0.1) is 0 Å². The lowest BCUT2D eigenvalue weighted by Gasteiger charge is -2.31. The predicted octanol–water partition coefficient (Wildman–Crippen LogP) is 2.65. The zero-order valence-corrected chi connectivity index (χ0v) is 15.3. The summed E-state index contributed by atoms with van der Waals surface area (Å²) in [6.45, 7) is 2.57. The Morgan fingerprint density at radius 1 is 1.14 bits per heavy atom. The zero-order chi connectivity index (χ0) is 19.3. The third-order valence-corrected chi connectivity index (χ3v) is 5.15. The van der Waals surface area contributed by atoms with E-state index >= 15 is 0 Å². The molecular weight excluding hydrogens is 354 g/mol. The molecule has 0 saturated carbocycles. The number of aromatic nitrogens is 2. The summed E-state index contributed by atoms with van der Waals surface area (Å²) in [7, 11) is 0. The van der Waals surface area contributed by atoms with Gasteiger partial charge in [-0.2, -0.15) is 0 Å². The van der Waals surface area contributed by atoms with Gasteiger partial charge in [0.2, 0.25) is 11.9 Å². The van der Waals surface area contributed by atoms with Crippen molar-refractivity contribution < 1.29 is 5.11 Å². The van der Waals surface area contributed by atoms with Gasteiger partial charge < -0.3 is 10.0 Å². The van der Waals surface area contributed by atoms with Gasteiger partial charge in [-0.15, -0.1) is 0 Å². The highest BCUT2D eigenvalue weighted by atomic mass is 16.3. The van der Waals surface area contributed by atoms with Crippen LogP contribution in [-0.2, 0) is 6.42 Å². The number of anilines is 2. The van der Waals surface area contributed by atoms with Crippen LogP contribution in [0, 0.1) is 6.92 Å². The fraction of sp³-hybridized carbons (Fsp3) is 0.190. The summed E-state index contributed by atoms with van der Waals surface area (Å²) in [5.41, 5.74) is 3.32. The van der Waals surface area contributed by atoms with Crippen LogP contribution in [0.25, 0.3) is 0 Å². The lowest BCUT2D eigenvalue weighted by molar-refractivity contribution is 0.451.